The van der Waals surface area contributed by atoms with Crippen LogP contribution in [0.1, 0.15) is 50.2 Å². The molecule has 0 amide bonds. The first-order chi connectivity index (χ1) is 10.5. The zero-order valence-corrected chi connectivity index (χ0v) is 12.0. The summed E-state index contributed by atoms with van der Waals surface area (Å²) in [6.07, 6.45) is 3.44. The fourth-order valence-electron chi connectivity index (χ4n) is 3.71. The second-order valence-corrected chi connectivity index (χ2v) is 6.61. The van der Waals surface area contributed by atoms with Gasteiger partial charge in [-0.3, -0.25) is 4.79 Å². The minimum Gasteiger partial charge on any atom is -0.294 e. The molecule has 1 aromatic rings. The van der Waals surface area contributed by atoms with Crippen LogP contribution in [0.3, 0.4) is 0 Å². The quantitative estimate of drug-likeness (QED) is 0.682. The molecule has 0 aromatic heterocycles. The molecule has 100 valence electrons. The molecule has 0 saturated heterocycles. The van der Waals surface area contributed by atoms with Gasteiger partial charge in [-0.25, -0.2) is 0 Å². The molecule has 0 spiro atoms. The predicted octanol–water partition coefficient (Wildman–Crippen LogP) is 4.40. The number of Topliss-reactive ketones (excluding diaryl/α,β-unsaturated/α-hetero) is 1. The minimum atomic E-state index is -0.383. The topological polar surface area (TPSA) is 17.1 Å². The van der Waals surface area contributed by atoms with Crippen molar-refractivity contribution < 1.29 is 10.3 Å². The van der Waals surface area contributed by atoms with E-state index in [2.05, 4.69) is 13.8 Å². The Kier molecular flexibility index (Phi) is 1.75. The average molecular weight is 258 g/mol. The molecule has 0 aliphatic heterocycles. The summed E-state index contributed by atoms with van der Waals surface area (Å²) in [6.45, 7) is 7.84. The van der Waals surface area contributed by atoms with Crippen molar-refractivity contribution >= 4 is 11.9 Å². The molecular formula is C18H22O. The van der Waals surface area contributed by atoms with E-state index in [1.54, 1.807) is 13.0 Å². The minimum absolute atomic E-state index is 0.0288. The zero-order valence-electron chi connectivity index (χ0n) is 16.0. The van der Waals surface area contributed by atoms with Gasteiger partial charge >= 0.3 is 0 Å². The summed E-state index contributed by atoms with van der Waals surface area (Å²) in [5.41, 5.74) is 0.744. The van der Waals surface area contributed by atoms with Crippen molar-refractivity contribution in [1.29, 1.82) is 0 Å². The zero-order chi connectivity index (χ0) is 17.3. The number of rotatable bonds is 1. The maximum absolute atomic E-state index is 12.9. The van der Waals surface area contributed by atoms with E-state index in [0.717, 1.165) is 12.8 Å². The molecule has 3 rings (SSSR count). The Morgan fingerprint density at radius 3 is 2.42 bits per heavy atom. The third kappa shape index (κ3) is 1.57. The second-order valence-electron chi connectivity index (χ2n) is 6.61. The van der Waals surface area contributed by atoms with Crippen LogP contribution in [0.2, 0.25) is 0 Å². The standard InChI is InChI=1S/C18H22O/c1-12-5-7-13(8-6-12)11-14-15-9-10-18(4,16(14)19)17(15,2)3/h5-8,11,15H,9-10H2,1-4H3/b14-11+/i5D,6D,7D,8D. The van der Waals surface area contributed by atoms with E-state index < -0.39 is 0 Å². The summed E-state index contributed by atoms with van der Waals surface area (Å²) in [5, 5.41) is 0. The molecule has 1 heteroatoms. The Morgan fingerprint density at radius 2 is 1.89 bits per heavy atom. The van der Waals surface area contributed by atoms with Crippen LogP contribution in [-0.4, -0.2) is 5.78 Å². The number of hydrogen-bond donors (Lipinski definition) is 0. The molecule has 0 heterocycles. The molecule has 2 aliphatic rings. The molecular weight excluding hydrogens is 232 g/mol. The third-order valence-electron chi connectivity index (χ3n) is 5.43. The molecule has 1 nitrogen and oxygen atoms in total. The average Bonchev–Trinajstić information content (AvgIpc) is 2.81. The first kappa shape index (κ1) is 8.73. The normalized spacial score (nSPS) is 37.2. The van der Waals surface area contributed by atoms with Crippen molar-refractivity contribution in [3.05, 3.63) is 40.9 Å². The first-order valence-electron chi connectivity index (χ1n) is 8.87. The van der Waals surface area contributed by atoms with Gasteiger partial charge < -0.3 is 0 Å². The number of fused-ring (bicyclic) bond motifs is 2. The number of allylic oxidation sites excluding steroid dienone is 1. The fourth-order valence-corrected chi connectivity index (χ4v) is 3.71. The Balaban J connectivity index is 2.21. The van der Waals surface area contributed by atoms with Crippen molar-refractivity contribution in [1.82, 2.24) is 0 Å². The molecule has 2 unspecified atom stereocenters. The molecule has 1 aromatic carbocycles. The van der Waals surface area contributed by atoms with Gasteiger partial charge in [0.25, 0.3) is 0 Å². The maximum Gasteiger partial charge on any atom is 0.165 e. The van der Waals surface area contributed by atoms with E-state index in [1.165, 1.54) is 0 Å². The molecule has 0 N–H and O–H groups in total. The predicted molar refractivity (Wildman–Crippen MR) is 78.8 cm³/mol. The molecule has 2 fully saturated rings. The second kappa shape index (κ2) is 3.82. The van der Waals surface area contributed by atoms with Crippen LogP contribution < -0.4 is 0 Å². The summed E-state index contributed by atoms with van der Waals surface area (Å²) in [5.74, 6) is 0.236. The van der Waals surface area contributed by atoms with Crippen LogP contribution in [0.5, 0.6) is 0 Å². The smallest absolute Gasteiger partial charge is 0.165 e. The summed E-state index contributed by atoms with van der Waals surface area (Å²) in [4.78, 5) is 12.9. The highest BCUT2D eigenvalue weighted by molar-refractivity contribution is 6.07. The van der Waals surface area contributed by atoms with Gasteiger partial charge in [-0.15, -0.1) is 0 Å². The summed E-state index contributed by atoms with van der Waals surface area (Å²) < 4.78 is 32.2. The third-order valence-corrected chi connectivity index (χ3v) is 5.43. The molecule has 2 bridgehead atoms. The SMILES string of the molecule is [2H]c1c([2H])c(/C=C2/C(=O)C3(C)CCC2C3(C)C)c([2H])c([2H])c1C. The summed E-state index contributed by atoms with van der Waals surface area (Å²) in [6, 6.07) is -0.179. The lowest BCUT2D eigenvalue weighted by Crippen LogP contribution is -2.32. The highest BCUT2D eigenvalue weighted by atomic mass is 16.1. The fraction of sp³-hybridized carbons (Fsp3) is 0.500. The summed E-state index contributed by atoms with van der Waals surface area (Å²) >= 11 is 0. The van der Waals surface area contributed by atoms with Crippen LogP contribution in [-0.2, 0) is 4.79 Å². The van der Waals surface area contributed by atoms with Gasteiger partial charge in [-0.1, -0.05) is 50.5 Å². The van der Waals surface area contributed by atoms with Gasteiger partial charge in [0.1, 0.15) is 0 Å². The van der Waals surface area contributed by atoms with Crippen molar-refractivity contribution in [2.75, 3.05) is 0 Å². The van der Waals surface area contributed by atoms with Crippen LogP contribution in [0, 0.1) is 23.7 Å². The van der Waals surface area contributed by atoms with Gasteiger partial charge in [0.15, 0.2) is 5.78 Å². The Bertz CT molecular complexity index is 734. The number of carbonyl (C=O) groups is 1. The highest BCUT2D eigenvalue weighted by Crippen LogP contribution is 2.65. The van der Waals surface area contributed by atoms with Gasteiger partial charge in [-0.2, -0.15) is 0 Å². The van der Waals surface area contributed by atoms with Gasteiger partial charge in [0.05, 0.1) is 5.48 Å². The van der Waals surface area contributed by atoms with E-state index in [4.69, 9.17) is 5.48 Å². The Morgan fingerprint density at radius 1 is 1.26 bits per heavy atom. The van der Waals surface area contributed by atoms with Crippen LogP contribution in [0.25, 0.3) is 6.08 Å². The van der Waals surface area contributed by atoms with Crippen molar-refractivity contribution in [3.8, 4) is 0 Å². The van der Waals surface area contributed by atoms with E-state index in [0.29, 0.717) is 11.1 Å². The number of carbonyl (C=O) groups excluding carboxylic acids is 1. The van der Waals surface area contributed by atoms with E-state index in [1.807, 2.05) is 6.92 Å². The van der Waals surface area contributed by atoms with E-state index >= 15 is 0 Å². The van der Waals surface area contributed by atoms with Gasteiger partial charge in [-0.05, 0) is 48.3 Å². The molecule has 2 atom stereocenters. The van der Waals surface area contributed by atoms with Gasteiger partial charge in [0.2, 0.25) is 0 Å². The maximum atomic E-state index is 12.9. The highest BCUT2D eigenvalue weighted by Gasteiger charge is 2.63. The molecule has 2 aliphatic carbocycles. The number of ketones is 1. The number of benzene rings is 1. The van der Waals surface area contributed by atoms with Crippen molar-refractivity contribution in [2.45, 2.75) is 40.5 Å². The monoisotopic (exact) mass is 258 g/mol. The summed E-state index contributed by atoms with van der Waals surface area (Å²) in [7, 11) is 0. The van der Waals surface area contributed by atoms with Crippen molar-refractivity contribution in [2.24, 2.45) is 16.7 Å². The Hall–Kier alpha value is -1.37. The van der Waals surface area contributed by atoms with Crippen LogP contribution in [0.4, 0.5) is 0 Å². The van der Waals surface area contributed by atoms with E-state index in [9.17, 15) is 4.79 Å². The largest absolute Gasteiger partial charge is 0.294 e. The Labute approximate surface area is 121 Å². The number of hydrogen-bond acceptors (Lipinski definition) is 1. The lowest BCUT2D eigenvalue weighted by molar-refractivity contribution is -0.125. The van der Waals surface area contributed by atoms with Crippen LogP contribution >= 0.6 is 0 Å². The van der Waals surface area contributed by atoms with Crippen LogP contribution in [0.15, 0.2) is 29.7 Å². The molecule has 0 radical (unpaired) electrons. The van der Waals surface area contributed by atoms with Crippen molar-refractivity contribution in [3.63, 3.8) is 0 Å². The molecule has 2 saturated carbocycles. The lowest BCUT2D eigenvalue weighted by Gasteiger charge is -2.31. The molecule has 19 heavy (non-hydrogen) atoms. The van der Waals surface area contributed by atoms with Gasteiger partial charge in [0, 0.05) is 5.41 Å². The van der Waals surface area contributed by atoms with E-state index in [-0.39, 0.29) is 52.3 Å². The lowest BCUT2D eigenvalue weighted by atomic mass is 9.70. The first-order valence-corrected chi connectivity index (χ1v) is 6.87.